The Labute approximate surface area is 124 Å². The number of rotatable bonds is 10. The molecular formula is C15H28O4Si. The van der Waals surface area contributed by atoms with E-state index in [1.807, 2.05) is 0 Å². The van der Waals surface area contributed by atoms with Gasteiger partial charge in [-0.25, -0.2) is 0 Å². The zero-order valence-electron chi connectivity index (χ0n) is 13.4. The van der Waals surface area contributed by atoms with Gasteiger partial charge in [0.15, 0.2) is 0 Å². The van der Waals surface area contributed by atoms with Gasteiger partial charge in [-0.15, -0.1) is 18.0 Å². The largest absolute Gasteiger partial charge is 0.359 e. The van der Waals surface area contributed by atoms with Crippen molar-refractivity contribution in [2.45, 2.75) is 44.7 Å². The van der Waals surface area contributed by atoms with Gasteiger partial charge in [-0.2, -0.15) is 0 Å². The Morgan fingerprint density at radius 2 is 1.70 bits per heavy atom. The van der Waals surface area contributed by atoms with Crippen LogP contribution in [-0.4, -0.2) is 48.1 Å². The first-order valence-electron chi connectivity index (χ1n) is 6.76. The minimum absolute atomic E-state index is 0.0290. The van der Waals surface area contributed by atoms with Gasteiger partial charge < -0.3 is 18.9 Å². The predicted octanol–water partition coefficient (Wildman–Crippen LogP) is 2.81. The van der Waals surface area contributed by atoms with Gasteiger partial charge in [0.25, 0.3) is 0 Å². The molecule has 0 aromatic carbocycles. The van der Waals surface area contributed by atoms with Crippen LogP contribution in [0, 0.1) is 11.5 Å². The highest BCUT2D eigenvalue weighted by molar-refractivity contribution is 6.83. The first-order chi connectivity index (χ1) is 9.42. The lowest BCUT2D eigenvalue weighted by molar-refractivity contribution is -0.102. The van der Waals surface area contributed by atoms with Gasteiger partial charge >= 0.3 is 0 Å². The zero-order valence-corrected chi connectivity index (χ0v) is 14.4. The van der Waals surface area contributed by atoms with Crippen LogP contribution in [0.25, 0.3) is 0 Å². The van der Waals surface area contributed by atoms with Crippen molar-refractivity contribution in [3.05, 3.63) is 12.7 Å². The molecule has 0 saturated heterocycles. The molecule has 0 spiro atoms. The summed E-state index contributed by atoms with van der Waals surface area (Å²) in [5, 5.41) is 0. The molecule has 0 aromatic heterocycles. The number of hydrogen-bond donors (Lipinski definition) is 0. The van der Waals surface area contributed by atoms with Crippen molar-refractivity contribution in [2.75, 3.05) is 27.8 Å². The molecule has 0 amide bonds. The van der Waals surface area contributed by atoms with Crippen molar-refractivity contribution < 1.29 is 18.9 Å². The molecule has 0 saturated carbocycles. The van der Waals surface area contributed by atoms with Crippen LogP contribution >= 0.6 is 0 Å². The third-order valence-corrected chi connectivity index (χ3v) is 3.30. The van der Waals surface area contributed by atoms with Crippen LogP contribution in [0.4, 0.5) is 0 Å². The van der Waals surface area contributed by atoms with Crippen LogP contribution in [-0.2, 0) is 18.9 Å². The predicted molar refractivity (Wildman–Crippen MR) is 84.1 cm³/mol. The van der Waals surface area contributed by atoms with Crippen LogP contribution in [0.1, 0.15) is 12.8 Å². The van der Waals surface area contributed by atoms with Gasteiger partial charge in [-0.1, -0.05) is 25.7 Å². The second-order valence-electron chi connectivity index (χ2n) is 5.53. The SMILES string of the molecule is C=C[C@H](C[C@@H](CC#C[Si](C)(C)C)OCOC)OCOC. The first kappa shape index (κ1) is 19.4. The van der Waals surface area contributed by atoms with Crippen molar-refractivity contribution in [3.63, 3.8) is 0 Å². The maximum atomic E-state index is 5.64. The highest BCUT2D eigenvalue weighted by Gasteiger charge is 2.15. The third-order valence-electron chi connectivity index (χ3n) is 2.37. The average molecular weight is 300 g/mol. The maximum absolute atomic E-state index is 5.64. The van der Waals surface area contributed by atoms with Crippen LogP contribution in [0.2, 0.25) is 19.6 Å². The Hall–Kier alpha value is -0.643. The van der Waals surface area contributed by atoms with E-state index in [2.05, 4.69) is 37.7 Å². The van der Waals surface area contributed by atoms with Crippen molar-refractivity contribution in [1.29, 1.82) is 0 Å². The highest BCUT2D eigenvalue weighted by atomic mass is 28.3. The monoisotopic (exact) mass is 300 g/mol. The Morgan fingerprint density at radius 1 is 1.10 bits per heavy atom. The van der Waals surface area contributed by atoms with E-state index in [0.29, 0.717) is 12.8 Å². The number of hydrogen-bond acceptors (Lipinski definition) is 4. The fourth-order valence-corrected chi connectivity index (χ4v) is 2.08. The maximum Gasteiger partial charge on any atom is 0.147 e. The summed E-state index contributed by atoms with van der Waals surface area (Å²) >= 11 is 0. The molecule has 0 N–H and O–H groups in total. The van der Waals surface area contributed by atoms with E-state index in [1.165, 1.54) is 0 Å². The molecule has 5 heteroatoms. The molecule has 0 aromatic rings. The molecule has 4 nitrogen and oxygen atoms in total. The van der Waals surface area contributed by atoms with Crippen molar-refractivity contribution in [2.24, 2.45) is 0 Å². The molecule has 2 atom stereocenters. The van der Waals surface area contributed by atoms with E-state index in [4.69, 9.17) is 18.9 Å². The fourth-order valence-electron chi connectivity index (χ4n) is 1.45. The summed E-state index contributed by atoms with van der Waals surface area (Å²) in [7, 11) is 1.86. The van der Waals surface area contributed by atoms with E-state index in [-0.39, 0.29) is 25.8 Å². The van der Waals surface area contributed by atoms with E-state index in [1.54, 1.807) is 20.3 Å². The summed E-state index contributed by atoms with van der Waals surface area (Å²) in [6.45, 7) is 10.9. The number of ether oxygens (including phenoxy) is 4. The molecule has 20 heavy (non-hydrogen) atoms. The van der Waals surface area contributed by atoms with E-state index < -0.39 is 8.07 Å². The Kier molecular flexibility index (Phi) is 10.7. The van der Waals surface area contributed by atoms with E-state index >= 15 is 0 Å². The summed E-state index contributed by atoms with van der Waals surface area (Å²) in [5.74, 6) is 3.23. The van der Waals surface area contributed by atoms with Crippen LogP contribution in [0.15, 0.2) is 12.7 Å². The molecule has 0 fully saturated rings. The first-order valence-corrected chi connectivity index (χ1v) is 10.3. The quantitative estimate of drug-likeness (QED) is 0.269. The summed E-state index contributed by atoms with van der Waals surface area (Å²) in [6, 6.07) is 0. The molecule has 0 aliphatic rings. The molecule has 0 rings (SSSR count). The molecule has 0 aliphatic carbocycles. The Balaban J connectivity index is 4.44. The van der Waals surface area contributed by atoms with Gasteiger partial charge in [0.1, 0.15) is 21.7 Å². The Bertz CT molecular complexity index is 314. The smallest absolute Gasteiger partial charge is 0.147 e. The molecule has 0 heterocycles. The minimum atomic E-state index is -1.34. The summed E-state index contributed by atoms with van der Waals surface area (Å²) < 4.78 is 21.0. The molecule has 0 unspecified atom stereocenters. The second-order valence-corrected chi connectivity index (χ2v) is 10.3. The van der Waals surface area contributed by atoms with Gasteiger partial charge in [-0.05, 0) is 0 Å². The van der Waals surface area contributed by atoms with Crippen LogP contribution in [0.5, 0.6) is 0 Å². The standard InChI is InChI=1S/C15H28O4Si/c1-7-14(18-12-16-2)11-15(19-13-17-3)9-8-10-20(4,5)6/h7,14-15H,1,9,11-13H2,2-6H3/t14-,15-/m1/s1. The lowest BCUT2D eigenvalue weighted by atomic mass is 10.1. The topological polar surface area (TPSA) is 36.9 Å². The average Bonchev–Trinajstić information content (AvgIpc) is 2.38. The molecule has 0 radical (unpaired) electrons. The lowest BCUT2D eigenvalue weighted by Gasteiger charge is -2.20. The Morgan fingerprint density at radius 3 is 2.20 bits per heavy atom. The van der Waals surface area contributed by atoms with Gasteiger partial charge in [0.2, 0.25) is 0 Å². The molecular weight excluding hydrogens is 272 g/mol. The van der Waals surface area contributed by atoms with Crippen molar-refractivity contribution >= 4 is 8.07 Å². The van der Waals surface area contributed by atoms with Crippen LogP contribution < -0.4 is 0 Å². The fraction of sp³-hybridized carbons (Fsp3) is 0.733. The second kappa shape index (κ2) is 11.1. The van der Waals surface area contributed by atoms with Gasteiger partial charge in [-0.3, -0.25) is 0 Å². The lowest BCUT2D eigenvalue weighted by Crippen LogP contribution is -2.23. The normalized spacial score (nSPS) is 14.2. The van der Waals surface area contributed by atoms with Gasteiger partial charge in [0.05, 0.1) is 12.2 Å². The summed E-state index contributed by atoms with van der Waals surface area (Å²) in [6.07, 6.45) is 2.99. The highest BCUT2D eigenvalue weighted by Crippen LogP contribution is 2.11. The summed E-state index contributed by atoms with van der Waals surface area (Å²) in [5.41, 5.74) is 3.34. The molecule has 0 bridgehead atoms. The van der Waals surface area contributed by atoms with Gasteiger partial charge in [0, 0.05) is 27.1 Å². The molecule has 116 valence electrons. The summed E-state index contributed by atoms with van der Waals surface area (Å²) in [4.78, 5) is 0. The zero-order chi connectivity index (χ0) is 15.4. The van der Waals surface area contributed by atoms with Crippen molar-refractivity contribution in [1.82, 2.24) is 0 Å². The third kappa shape index (κ3) is 11.2. The van der Waals surface area contributed by atoms with E-state index in [9.17, 15) is 0 Å². The van der Waals surface area contributed by atoms with Crippen molar-refractivity contribution in [3.8, 4) is 11.5 Å². The van der Waals surface area contributed by atoms with E-state index in [0.717, 1.165) is 0 Å². The minimum Gasteiger partial charge on any atom is -0.359 e. The molecule has 0 aliphatic heterocycles. The van der Waals surface area contributed by atoms with Crippen LogP contribution in [0.3, 0.4) is 0 Å². The number of methoxy groups -OCH3 is 2.